The summed E-state index contributed by atoms with van der Waals surface area (Å²) in [7, 11) is 1.43. The van der Waals surface area contributed by atoms with Gasteiger partial charge in [0.25, 0.3) is 0 Å². The molecule has 3 fully saturated rings. The van der Waals surface area contributed by atoms with E-state index < -0.39 is 36.0 Å². The van der Waals surface area contributed by atoms with Crippen LogP contribution in [0.1, 0.15) is 27.7 Å². The first-order valence-electron chi connectivity index (χ1n) is 7.72. The van der Waals surface area contributed by atoms with Crippen molar-refractivity contribution in [3.63, 3.8) is 0 Å². The first-order chi connectivity index (χ1) is 10.7. The van der Waals surface area contributed by atoms with E-state index in [1.807, 2.05) is 27.7 Å². The maximum Gasteiger partial charge on any atom is 0.332 e. The summed E-state index contributed by atoms with van der Waals surface area (Å²) in [4.78, 5) is 11.5. The Kier molecular flexibility index (Phi) is 4.41. The summed E-state index contributed by atoms with van der Waals surface area (Å²) in [6, 6.07) is 0. The molecule has 0 N–H and O–H groups in total. The molecule has 0 unspecified atom stereocenters. The second kappa shape index (κ2) is 5.94. The van der Waals surface area contributed by atoms with E-state index in [9.17, 15) is 4.79 Å². The normalized spacial score (nSPS) is 40.5. The lowest BCUT2D eigenvalue weighted by Gasteiger charge is -2.36. The van der Waals surface area contributed by atoms with Gasteiger partial charge in [-0.2, -0.15) is 0 Å². The number of rotatable bonds is 4. The molecule has 0 aromatic heterocycles. The van der Waals surface area contributed by atoms with Gasteiger partial charge in [-0.1, -0.05) is 0 Å². The molecule has 0 aromatic rings. The van der Waals surface area contributed by atoms with Crippen LogP contribution in [0.5, 0.6) is 0 Å². The van der Waals surface area contributed by atoms with Crippen LogP contribution >= 0.6 is 0 Å². The molecule has 3 heterocycles. The fourth-order valence-corrected chi connectivity index (χ4v) is 3.16. The van der Waals surface area contributed by atoms with Crippen LogP contribution in [-0.4, -0.2) is 68.6 Å². The van der Waals surface area contributed by atoms with Crippen molar-refractivity contribution in [3.8, 4) is 0 Å². The van der Waals surface area contributed by atoms with E-state index >= 15 is 0 Å². The van der Waals surface area contributed by atoms with Crippen LogP contribution in [0, 0.1) is 0 Å². The predicted molar refractivity (Wildman–Crippen MR) is 75.4 cm³/mol. The predicted octanol–water partition coefficient (Wildman–Crippen LogP) is 0.573. The molecule has 3 rings (SSSR count). The van der Waals surface area contributed by atoms with Crippen molar-refractivity contribution in [3.05, 3.63) is 0 Å². The molecule has 0 bridgehead atoms. The summed E-state index contributed by atoms with van der Waals surface area (Å²) in [6.07, 6.45) is -2.23. The van der Waals surface area contributed by atoms with Gasteiger partial charge in [-0.05, 0) is 27.7 Å². The molecule has 0 aromatic carbocycles. The maximum atomic E-state index is 11.5. The van der Waals surface area contributed by atoms with Gasteiger partial charge in [0.15, 0.2) is 17.9 Å². The van der Waals surface area contributed by atoms with Crippen molar-refractivity contribution in [2.24, 2.45) is 0 Å². The molecule has 3 aliphatic heterocycles. The van der Waals surface area contributed by atoms with Crippen molar-refractivity contribution >= 4 is 5.97 Å². The van der Waals surface area contributed by atoms with Gasteiger partial charge in [-0.25, -0.2) is 4.79 Å². The lowest BCUT2D eigenvalue weighted by molar-refractivity contribution is -0.242. The van der Waals surface area contributed by atoms with Crippen LogP contribution in [0.3, 0.4) is 0 Å². The third-order valence-corrected chi connectivity index (χ3v) is 3.92. The van der Waals surface area contributed by atoms with Crippen molar-refractivity contribution in [1.29, 1.82) is 0 Å². The Bertz CT molecular complexity index is 462. The summed E-state index contributed by atoms with van der Waals surface area (Å²) >= 11 is 0. The standard InChI is InChI=1S/C15H24O8/c1-14(2)20-10-8(6-18-9(16)7-17-5)19-13-12(11(10)21-14)22-15(3,4)23-13/h8,10-13H,6-7H2,1-5H3/t8-,10+,11+,12-,13-/m1/s1. The number of fused-ring (bicyclic) bond motifs is 3. The second-order valence-electron chi connectivity index (χ2n) is 6.82. The van der Waals surface area contributed by atoms with Gasteiger partial charge in [0.1, 0.15) is 37.6 Å². The van der Waals surface area contributed by atoms with Crippen molar-refractivity contribution in [1.82, 2.24) is 0 Å². The SMILES string of the molecule is COCC(=O)OC[C@H]1O[C@@H]2OC(C)(C)O[C@@H]2[C@H]2OC(C)(C)O[C@H]21. The molecule has 3 saturated heterocycles. The highest BCUT2D eigenvalue weighted by Crippen LogP contribution is 2.44. The van der Waals surface area contributed by atoms with Gasteiger partial charge < -0.3 is 33.2 Å². The first-order valence-corrected chi connectivity index (χ1v) is 7.72. The average Bonchev–Trinajstić information content (AvgIpc) is 2.90. The zero-order valence-electron chi connectivity index (χ0n) is 14.1. The van der Waals surface area contributed by atoms with E-state index in [0.29, 0.717) is 0 Å². The Labute approximate surface area is 135 Å². The molecular weight excluding hydrogens is 308 g/mol. The monoisotopic (exact) mass is 332 g/mol. The quantitative estimate of drug-likeness (QED) is 0.691. The topological polar surface area (TPSA) is 81.7 Å². The molecule has 8 nitrogen and oxygen atoms in total. The summed E-state index contributed by atoms with van der Waals surface area (Å²) in [5.41, 5.74) is 0. The number of carbonyl (C=O) groups excluding carboxylic acids is 1. The lowest BCUT2D eigenvalue weighted by atomic mass is 9.99. The third-order valence-electron chi connectivity index (χ3n) is 3.92. The summed E-state index contributed by atoms with van der Waals surface area (Å²) < 4.78 is 39.4. The van der Waals surface area contributed by atoms with Gasteiger partial charge in [0.05, 0.1) is 0 Å². The Morgan fingerprint density at radius 1 is 0.957 bits per heavy atom. The molecule has 8 heteroatoms. The highest BCUT2D eigenvalue weighted by Gasteiger charge is 2.60. The molecule has 0 aliphatic carbocycles. The highest BCUT2D eigenvalue weighted by molar-refractivity contribution is 5.70. The molecule has 0 amide bonds. The van der Waals surface area contributed by atoms with Crippen molar-refractivity contribution in [2.45, 2.75) is 70.0 Å². The second-order valence-corrected chi connectivity index (χ2v) is 6.82. The molecule has 132 valence electrons. The smallest absolute Gasteiger partial charge is 0.332 e. The Balaban J connectivity index is 1.72. The van der Waals surface area contributed by atoms with Gasteiger partial charge in [0, 0.05) is 7.11 Å². The third kappa shape index (κ3) is 3.52. The minimum absolute atomic E-state index is 0.0375. The number of carbonyl (C=O) groups is 1. The van der Waals surface area contributed by atoms with Gasteiger partial charge in [-0.3, -0.25) is 0 Å². The number of methoxy groups -OCH3 is 1. The average molecular weight is 332 g/mol. The fourth-order valence-electron chi connectivity index (χ4n) is 3.16. The first kappa shape index (κ1) is 17.1. The van der Waals surface area contributed by atoms with E-state index in [2.05, 4.69) is 0 Å². The highest BCUT2D eigenvalue weighted by atomic mass is 16.9. The van der Waals surface area contributed by atoms with Crippen LogP contribution in [0.4, 0.5) is 0 Å². The molecule has 0 spiro atoms. The van der Waals surface area contributed by atoms with Gasteiger partial charge >= 0.3 is 5.97 Å². The van der Waals surface area contributed by atoms with Crippen LogP contribution in [-0.2, 0) is 38.0 Å². The van der Waals surface area contributed by atoms with Crippen molar-refractivity contribution < 1.29 is 38.0 Å². The molecule has 23 heavy (non-hydrogen) atoms. The van der Waals surface area contributed by atoms with E-state index in [1.165, 1.54) is 7.11 Å². The van der Waals surface area contributed by atoms with E-state index in [4.69, 9.17) is 33.2 Å². The molecule has 0 radical (unpaired) electrons. The van der Waals surface area contributed by atoms with E-state index in [1.54, 1.807) is 0 Å². The largest absolute Gasteiger partial charge is 0.461 e. The van der Waals surface area contributed by atoms with Gasteiger partial charge in [-0.15, -0.1) is 0 Å². The number of esters is 1. The fraction of sp³-hybridized carbons (Fsp3) is 0.933. The zero-order chi connectivity index (χ0) is 16.8. The zero-order valence-corrected chi connectivity index (χ0v) is 14.1. The Morgan fingerprint density at radius 2 is 1.57 bits per heavy atom. The number of hydrogen-bond donors (Lipinski definition) is 0. The summed E-state index contributed by atoms with van der Waals surface area (Å²) in [5.74, 6) is -1.99. The molecule has 3 aliphatic rings. The minimum Gasteiger partial charge on any atom is -0.461 e. The number of ether oxygens (including phenoxy) is 7. The van der Waals surface area contributed by atoms with Crippen LogP contribution < -0.4 is 0 Å². The van der Waals surface area contributed by atoms with Crippen LogP contribution in [0.25, 0.3) is 0 Å². The number of hydrogen-bond acceptors (Lipinski definition) is 8. The molecular formula is C15H24O8. The van der Waals surface area contributed by atoms with Crippen LogP contribution in [0.15, 0.2) is 0 Å². The Morgan fingerprint density at radius 3 is 2.26 bits per heavy atom. The van der Waals surface area contributed by atoms with Gasteiger partial charge in [0.2, 0.25) is 0 Å². The van der Waals surface area contributed by atoms with Crippen molar-refractivity contribution in [2.75, 3.05) is 20.3 Å². The lowest BCUT2D eigenvalue weighted by Crippen LogP contribution is -2.56. The summed E-state index contributed by atoms with van der Waals surface area (Å²) in [6.45, 7) is 7.22. The van der Waals surface area contributed by atoms with Crippen LogP contribution in [0.2, 0.25) is 0 Å². The van der Waals surface area contributed by atoms with E-state index in [-0.39, 0.29) is 25.4 Å². The Hall–Kier alpha value is -0.770. The summed E-state index contributed by atoms with van der Waals surface area (Å²) in [5, 5.41) is 0. The van der Waals surface area contributed by atoms with E-state index in [0.717, 1.165) is 0 Å². The molecule has 5 atom stereocenters. The molecule has 0 saturated carbocycles. The minimum atomic E-state index is -0.766. The maximum absolute atomic E-state index is 11.5.